The van der Waals surface area contributed by atoms with E-state index in [1.54, 1.807) is 7.11 Å². The van der Waals surface area contributed by atoms with Gasteiger partial charge in [-0.3, -0.25) is 0 Å². The van der Waals surface area contributed by atoms with Gasteiger partial charge in [-0.2, -0.15) is 0 Å². The summed E-state index contributed by atoms with van der Waals surface area (Å²) < 4.78 is 11.5. The van der Waals surface area contributed by atoms with Crippen molar-refractivity contribution in [1.29, 1.82) is 0 Å². The van der Waals surface area contributed by atoms with Crippen LogP contribution < -0.4 is 10.1 Å². The van der Waals surface area contributed by atoms with E-state index in [1.165, 1.54) is 24.0 Å². The topological polar surface area (TPSA) is 30.5 Å². The summed E-state index contributed by atoms with van der Waals surface area (Å²) in [7, 11) is 3.61. The molecule has 3 nitrogen and oxygen atoms in total. The van der Waals surface area contributed by atoms with E-state index >= 15 is 0 Å². The Bertz CT molecular complexity index is 453. The second kappa shape index (κ2) is 7.28. The van der Waals surface area contributed by atoms with Gasteiger partial charge in [-0.15, -0.1) is 0 Å². The molecule has 0 aliphatic heterocycles. The van der Waals surface area contributed by atoms with Crippen LogP contribution in [0.5, 0.6) is 5.75 Å². The number of likely N-dealkylation sites (N-methyl/N-ethyl adjacent to an activating group) is 1. The van der Waals surface area contributed by atoms with Gasteiger partial charge in [0.05, 0.1) is 12.7 Å². The summed E-state index contributed by atoms with van der Waals surface area (Å²) in [4.78, 5) is 0. The van der Waals surface area contributed by atoms with Crippen LogP contribution in [-0.2, 0) is 11.2 Å². The number of ether oxygens (including phenoxy) is 2. The maximum atomic E-state index is 5.99. The first-order chi connectivity index (χ1) is 10.1. The Morgan fingerprint density at radius 2 is 1.95 bits per heavy atom. The zero-order valence-corrected chi connectivity index (χ0v) is 13.9. The fourth-order valence-electron chi connectivity index (χ4n) is 3.65. The molecule has 0 amide bonds. The third-order valence-electron chi connectivity index (χ3n) is 4.80. The van der Waals surface area contributed by atoms with Gasteiger partial charge in [0.15, 0.2) is 0 Å². The second-order valence-electron chi connectivity index (χ2n) is 6.11. The van der Waals surface area contributed by atoms with Gasteiger partial charge < -0.3 is 14.8 Å². The molecule has 2 rings (SSSR count). The third kappa shape index (κ3) is 3.58. The van der Waals surface area contributed by atoms with Crippen molar-refractivity contribution < 1.29 is 9.47 Å². The predicted molar refractivity (Wildman–Crippen MR) is 87.1 cm³/mol. The van der Waals surface area contributed by atoms with E-state index < -0.39 is 0 Å². The molecule has 1 atom stereocenters. The number of nitrogens with one attached hydrogen (secondary N) is 1. The van der Waals surface area contributed by atoms with Gasteiger partial charge >= 0.3 is 0 Å². The predicted octanol–water partition coefficient (Wildman–Crippen LogP) is 3.48. The molecule has 1 N–H and O–H groups in total. The number of rotatable bonds is 7. The van der Waals surface area contributed by atoms with Crippen LogP contribution in [0.3, 0.4) is 0 Å². The molecule has 1 aliphatic carbocycles. The van der Waals surface area contributed by atoms with Crippen LogP contribution in [0, 0.1) is 6.92 Å². The number of hydrogen-bond donors (Lipinski definition) is 1. The van der Waals surface area contributed by atoms with E-state index in [2.05, 4.69) is 37.4 Å². The number of methoxy groups -OCH3 is 2. The van der Waals surface area contributed by atoms with Crippen molar-refractivity contribution in [3.05, 3.63) is 29.3 Å². The normalized spacial score (nSPS) is 18.7. The van der Waals surface area contributed by atoms with Crippen LogP contribution in [0.4, 0.5) is 0 Å². The lowest BCUT2D eigenvalue weighted by Gasteiger charge is -2.37. The molecular formula is C18H29NO2. The molecule has 1 aromatic carbocycles. The van der Waals surface area contributed by atoms with Crippen molar-refractivity contribution in [2.45, 2.75) is 57.6 Å². The summed E-state index contributed by atoms with van der Waals surface area (Å²) >= 11 is 0. The van der Waals surface area contributed by atoms with Crippen molar-refractivity contribution in [3.8, 4) is 5.75 Å². The molecule has 3 heteroatoms. The molecule has 0 saturated heterocycles. The van der Waals surface area contributed by atoms with E-state index in [-0.39, 0.29) is 5.60 Å². The van der Waals surface area contributed by atoms with Gasteiger partial charge in [0.1, 0.15) is 5.75 Å². The van der Waals surface area contributed by atoms with E-state index in [0.717, 1.165) is 31.6 Å². The van der Waals surface area contributed by atoms with Gasteiger partial charge in [-0.1, -0.05) is 37.5 Å². The molecule has 21 heavy (non-hydrogen) atoms. The van der Waals surface area contributed by atoms with Crippen molar-refractivity contribution in [2.24, 2.45) is 0 Å². The number of hydrogen-bond acceptors (Lipinski definition) is 3. The van der Waals surface area contributed by atoms with Crippen LogP contribution >= 0.6 is 0 Å². The van der Waals surface area contributed by atoms with Gasteiger partial charge in [0, 0.05) is 13.2 Å². The minimum absolute atomic E-state index is 0.0230. The number of benzene rings is 1. The standard InChI is InChI=1S/C18H29NO2/c1-5-19-17(18(21-4)10-6-7-11-18)13-15-12-14(2)8-9-16(15)20-3/h8-9,12,17,19H,5-7,10-11,13H2,1-4H3. The van der Waals surface area contributed by atoms with Crippen LogP contribution in [-0.4, -0.2) is 32.4 Å². The maximum absolute atomic E-state index is 5.99. The fourth-order valence-corrected chi connectivity index (χ4v) is 3.65. The molecule has 0 heterocycles. The van der Waals surface area contributed by atoms with E-state index in [4.69, 9.17) is 9.47 Å². The Labute approximate surface area is 129 Å². The maximum Gasteiger partial charge on any atom is 0.122 e. The van der Waals surface area contributed by atoms with E-state index in [0.29, 0.717) is 6.04 Å². The summed E-state index contributed by atoms with van der Waals surface area (Å²) in [5.74, 6) is 0.979. The van der Waals surface area contributed by atoms with Crippen molar-refractivity contribution >= 4 is 0 Å². The zero-order valence-electron chi connectivity index (χ0n) is 13.9. The molecule has 1 fully saturated rings. The van der Waals surface area contributed by atoms with Gasteiger partial charge in [-0.25, -0.2) is 0 Å². The monoisotopic (exact) mass is 291 g/mol. The largest absolute Gasteiger partial charge is 0.496 e. The van der Waals surface area contributed by atoms with Gasteiger partial charge in [0.25, 0.3) is 0 Å². The van der Waals surface area contributed by atoms with E-state index in [1.807, 2.05) is 7.11 Å². The van der Waals surface area contributed by atoms with Gasteiger partial charge in [0.2, 0.25) is 0 Å². The average Bonchev–Trinajstić information content (AvgIpc) is 2.97. The SMILES string of the molecule is CCNC(Cc1cc(C)ccc1OC)C1(OC)CCCC1. The first-order valence-corrected chi connectivity index (χ1v) is 8.07. The highest BCUT2D eigenvalue weighted by molar-refractivity contribution is 5.37. The molecule has 0 aromatic heterocycles. The molecule has 1 saturated carbocycles. The minimum atomic E-state index is -0.0230. The molecular weight excluding hydrogens is 262 g/mol. The fraction of sp³-hybridized carbons (Fsp3) is 0.667. The Kier molecular flexibility index (Phi) is 5.65. The quantitative estimate of drug-likeness (QED) is 0.834. The summed E-state index contributed by atoms with van der Waals surface area (Å²) in [5, 5.41) is 3.66. The summed E-state index contributed by atoms with van der Waals surface area (Å²) in [5.41, 5.74) is 2.52. The highest BCUT2D eigenvalue weighted by atomic mass is 16.5. The van der Waals surface area contributed by atoms with Gasteiger partial charge in [-0.05, 0) is 44.4 Å². The van der Waals surface area contributed by atoms with Crippen LogP contribution in [0.2, 0.25) is 0 Å². The first-order valence-electron chi connectivity index (χ1n) is 8.07. The van der Waals surface area contributed by atoms with Crippen molar-refractivity contribution in [1.82, 2.24) is 5.32 Å². The Morgan fingerprint density at radius 1 is 1.24 bits per heavy atom. The van der Waals surface area contributed by atoms with Crippen LogP contribution in [0.25, 0.3) is 0 Å². The average molecular weight is 291 g/mol. The summed E-state index contributed by atoms with van der Waals surface area (Å²) in [6, 6.07) is 6.75. The Hall–Kier alpha value is -1.06. The van der Waals surface area contributed by atoms with Crippen LogP contribution in [0.15, 0.2) is 18.2 Å². The lowest BCUT2D eigenvalue weighted by molar-refractivity contribution is -0.0352. The molecule has 1 unspecified atom stereocenters. The zero-order chi connectivity index (χ0) is 15.3. The molecule has 1 aliphatic rings. The Morgan fingerprint density at radius 3 is 2.52 bits per heavy atom. The minimum Gasteiger partial charge on any atom is -0.496 e. The Balaban J connectivity index is 2.25. The van der Waals surface area contributed by atoms with Crippen LogP contribution in [0.1, 0.15) is 43.7 Å². The molecule has 1 aromatic rings. The highest BCUT2D eigenvalue weighted by Crippen LogP contribution is 2.37. The molecule has 0 bridgehead atoms. The molecule has 0 radical (unpaired) electrons. The third-order valence-corrected chi connectivity index (χ3v) is 4.80. The second-order valence-corrected chi connectivity index (χ2v) is 6.11. The van der Waals surface area contributed by atoms with Crippen molar-refractivity contribution in [2.75, 3.05) is 20.8 Å². The molecule has 118 valence electrons. The first kappa shape index (κ1) is 16.3. The summed E-state index contributed by atoms with van der Waals surface area (Å²) in [6.45, 7) is 5.26. The number of aryl methyl sites for hydroxylation is 1. The summed E-state index contributed by atoms with van der Waals surface area (Å²) in [6.07, 6.45) is 5.78. The lowest BCUT2D eigenvalue weighted by Crippen LogP contribution is -2.51. The lowest BCUT2D eigenvalue weighted by atomic mass is 9.86. The highest BCUT2D eigenvalue weighted by Gasteiger charge is 2.41. The van der Waals surface area contributed by atoms with Crippen molar-refractivity contribution in [3.63, 3.8) is 0 Å². The molecule has 0 spiro atoms. The smallest absolute Gasteiger partial charge is 0.122 e. The van der Waals surface area contributed by atoms with E-state index in [9.17, 15) is 0 Å².